The van der Waals surface area contributed by atoms with E-state index in [9.17, 15) is 0 Å². The maximum absolute atomic E-state index is 4.35. The summed E-state index contributed by atoms with van der Waals surface area (Å²) < 4.78 is 3.04. The van der Waals surface area contributed by atoms with Crippen LogP contribution in [0.1, 0.15) is 24.1 Å². The van der Waals surface area contributed by atoms with Gasteiger partial charge in [0.2, 0.25) is 0 Å². The minimum atomic E-state index is 0.282. The van der Waals surface area contributed by atoms with E-state index in [1.165, 1.54) is 11.1 Å². The average molecular weight is 330 g/mol. The van der Waals surface area contributed by atoms with Crippen LogP contribution < -0.4 is 5.32 Å². The molecule has 1 aromatic carbocycles. The molecule has 3 rings (SSSR count). The number of fused-ring (bicyclic) bond motifs is 1. The Morgan fingerprint density at radius 1 is 1.20 bits per heavy atom. The van der Waals surface area contributed by atoms with Crippen LogP contribution in [-0.4, -0.2) is 9.61 Å². The first-order valence-electron chi connectivity index (χ1n) is 6.65. The summed E-state index contributed by atoms with van der Waals surface area (Å²) >= 11 is 3.60. The molecule has 0 spiro atoms. The van der Waals surface area contributed by atoms with E-state index in [-0.39, 0.29) is 6.04 Å². The van der Waals surface area contributed by atoms with Crippen LogP contribution >= 0.6 is 15.9 Å². The number of rotatable bonds is 4. The van der Waals surface area contributed by atoms with Crippen LogP contribution in [0.15, 0.2) is 59.3 Å². The Balaban J connectivity index is 1.75. The van der Waals surface area contributed by atoms with Gasteiger partial charge in [-0.25, -0.2) is 4.52 Å². The third-order valence-corrected chi connectivity index (χ3v) is 4.20. The van der Waals surface area contributed by atoms with Crippen molar-refractivity contribution >= 4 is 21.4 Å². The molecule has 4 heteroatoms. The first kappa shape index (κ1) is 13.3. The van der Waals surface area contributed by atoms with E-state index in [0.29, 0.717) is 0 Å². The fourth-order valence-electron chi connectivity index (χ4n) is 2.32. The number of aromatic nitrogens is 2. The van der Waals surface area contributed by atoms with Gasteiger partial charge in [-0.1, -0.05) is 40.2 Å². The van der Waals surface area contributed by atoms with Gasteiger partial charge in [-0.3, -0.25) is 0 Å². The monoisotopic (exact) mass is 329 g/mol. The van der Waals surface area contributed by atoms with Crippen LogP contribution in [0.25, 0.3) is 5.52 Å². The van der Waals surface area contributed by atoms with Crippen molar-refractivity contribution in [1.29, 1.82) is 0 Å². The number of pyridine rings is 1. The molecule has 0 radical (unpaired) electrons. The molecule has 1 unspecified atom stereocenters. The molecule has 102 valence electrons. The quantitative estimate of drug-likeness (QED) is 0.785. The number of benzene rings is 1. The van der Waals surface area contributed by atoms with Gasteiger partial charge in [0.05, 0.1) is 11.7 Å². The SMILES string of the molecule is CC(NCc1cnn2ccccc12)c1ccccc1Br. The molecule has 0 saturated carbocycles. The molecule has 1 atom stereocenters. The fraction of sp³-hybridized carbons (Fsp3) is 0.188. The third-order valence-electron chi connectivity index (χ3n) is 3.48. The van der Waals surface area contributed by atoms with Crippen LogP contribution in [-0.2, 0) is 6.54 Å². The zero-order valence-electron chi connectivity index (χ0n) is 11.3. The van der Waals surface area contributed by atoms with E-state index < -0.39 is 0 Å². The van der Waals surface area contributed by atoms with Crippen molar-refractivity contribution in [3.8, 4) is 0 Å². The van der Waals surface area contributed by atoms with Crippen molar-refractivity contribution in [3.63, 3.8) is 0 Å². The van der Waals surface area contributed by atoms with Crippen molar-refractivity contribution in [2.75, 3.05) is 0 Å². The lowest BCUT2D eigenvalue weighted by Crippen LogP contribution is -2.18. The van der Waals surface area contributed by atoms with Crippen LogP contribution in [0.4, 0.5) is 0 Å². The molecule has 2 aromatic heterocycles. The highest BCUT2D eigenvalue weighted by Crippen LogP contribution is 2.23. The molecule has 1 N–H and O–H groups in total. The Kier molecular flexibility index (Phi) is 3.85. The second-order valence-corrected chi connectivity index (χ2v) is 5.68. The predicted molar refractivity (Wildman–Crippen MR) is 84.6 cm³/mol. The van der Waals surface area contributed by atoms with Gasteiger partial charge in [-0.2, -0.15) is 5.10 Å². The lowest BCUT2D eigenvalue weighted by atomic mass is 10.1. The summed E-state index contributed by atoms with van der Waals surface area (Å²) in [6.45, 7) is 2.97. The zero-order chi connectivity index (χ0) is 13.9. The van der Waals surface area contributed by atoms with Crippen LogP contribution in [0.3, 0.4) is 0 Å². The predicted octanol–water partition coefficient (Wildman–Crippen LogP) is 3.95. The molecule has 0 aliphatic rings. The lowest BCUT2D eigenvalue weighted by Gasteiger charge is -2.15. The van der Waals surface area contributed by atoms with E-state index in [4.69, 9.17) is 0 Å². The number of halogens is 1. The van der Waals surface area contributed by atoms with Gasteiger partial charge in [0.15, 0.2) is 0 Å². The Bertz CT molecular complexity index is 720. The second kappa shape index (κ2) is 5.77. The number of hydrogen-bond acceptors (Lipinski definition) is 2. The Morgan fingerprint density at radius 2 is 2.00 bits per heavy atom. The number of hydrogen-bond donors (Lipinski definition) is 1. The summed E-state index contributed by atoms with van der Waals surface area (Å²) in [6.07, 6.45) is 3.89. The van der Waals surface area contributed by atoms with Gasteiger partial charge in [0.1, 0.15) is 0 Å². The van der Waals surface area contributed by atoms with Gasteiger partial charge >= 0.3 is 0 Å². The fourth-order valence-corrected chi connectivity index (χ4v) is 2.95. The molecule has 0 saturated heterocycles. The summed E-state index contributed by atoms with van der Waals surface area (Å²) in [4.78, 5) is 0. The second-order valence-electron chi connectivity index (χ2n) is 4.82. The average Bonchev–Trinajstić information content (AvgIpc) is 2.88. The maximum atomic E-state index is 4.35. The van der Waals surface area contributed by atoms with Crippen LogP contribution in [0, 0.1) is 0 Å². The third kappa shape index (κ3) is 2.62. The Hall–Kier alpha value is -1.65. The highest BCUT2D eigenvalue weighted by Gasteiger charge is 2.09. The molecule has 0 aliphatic carbocycles. The van der Waals surface area contributed by atoms with Gasteiger partial charge in [0, 0.05) is 28.8 Å². The Labute approximate surface area is 126 Å². The molecule has 20 heavy (non-hydrogen) atoms. The minimum Gasteiger partial charge on any atom is -0.306 e. The summed E-state index contributed by atoms with van der Waals surface area (Å²) in [5, 5.41) is 7.91. The molecular weight excluding hydrogens is 314 g/mol. The van der Waals surface area contributed by atoms with Crippen molar-refractivity contribution < 1.29 is 0 Å². The maximum Gasteiger partial charge on any atom is 0.0706 e. The van der Waals surface area contributed by atoms with Crippen molar-refractivity contribution in [2.45, 2.75) is 19.5 Å². The number of nitrogens with one attached hydrogen (secondary N) is 1. The van der Waals surface area contributed by atoms with E-state index in [2.05, 4.69) is 57.5 Å². The molecule has 3 nitrogen and oxygen atoms in total. The standard InChI is InChI=1S/C16H16BrN3/c1-12(14-6-2-3-7-15(14)17)18-10-13-11-19-20-9-5-4-8-16(13)20/h2-9,11-12,18H,10H2,1H3. The van der Waals surface area contributed by atoms with Crippen LogP contribution in [0.2, 0.25) is 0 Å². The summed E-state index contributed by atoms with van der Waals surface area (Å²) in [5.41, 5.74) is 3.63. The van der Waals surface area contributed by atoms with Crippen molar-refractivity contribution in [1.82, 2.24) is 14.9 Å². The van der Waals surface area contributed by atoms with Gasteiger partial charge in [0.25, 0.3) is 0 Å². The van der Waals surface area contributed by atoms with Crippen molar-refractivity contribution in [3.05, 3.63) is 70.5 Å². The molecule has 2 heterocycles. The molecule has 3 aromatic rings. The normalized spacial score (nSPS) is 12.7. The van der Waals surface area contributed by atoms with Gasteiger partial charge in [-0.15, -0.1) is 0 Å². The van der Waals surface area contributed by atoms with Crippen molar-refractivity contribution in [2.24, 2.45) is 0 Å². The Morgan fingerprint density at radius 3 is 2.85 bits per heavy atom. The highest BCUT2D eigenvalue weighted by molar-refractivity contribution is 9.10. The van der Waals surface area contributed by atoms with Gasteiger partial charge < -0.3 is 5.32 Å². The topological polar surface area (TPSA) is 29.3 Å². The first-order valence-corrected chi connectivity index (χ1v) is 7.44. The summed E-state index contributed by atoms with van der Waals surface area (Å²) in [5.74, 6) is 0. The molecule has 0 fully saturated rings. The highest BCUT2D eigenvalue weighted by atomic mass is 79.9. The smallest absolute Gasteiger partial charge is 0.0706 e. The van der Waals surface area contributed by atoms with Crippen LogP contribution in [0.5, 0.6) is 0 Å². The summed E-state index contributed by atoms with van der Waals surface area (Å²) in [7, 11) is 0. The zero-order valence-corrected chi connectivity index (χ0v) is 12.8. The summed E-state index contributed by atoms with van der Waals surface area (Å²) in [6, 6.07) is 14.7. The molecule has 0 bridgehead atoms. The largest absolute Gasteiger partial charge is 0.306 e. The lowest BCUT2D eigenvalue weighted by molar-refractivity contribution is 0.574. The van der Waals surface area contributed by atoms with Gasteiger partial charge in [-0.05, 0) is 30.7 Å². The van der Waals surface area contributed by atoms with E-state index in [1.807, 2.05) is 35.1 Å². The molecule has 0 amide bonds. The minimum absolute atomic E-state index is 0.282. The molecule has 0 aliphatic heterocycles. The van der Waals surface area contributed by atoms with E-state index in [0.717, 1.165) is 16.5 Å². The van der Waals surface area contributed by atoms with E-state index in [1.54, 1.807) is 0 Å². The number of nitrogens with zero attached hydrogens (tertiary/aromatic N) is 2. The first-order chi connectivity index (χ1) is 9.75. The molecular formula is C16H16BrN3. The van der Waals surface area contributed by atoms with E-state index >= 15 is 0 Å².